The summed E-state index contributed by atoms with van der Waals surface area (Å²) in [6, 6.07) is 6.72. The van der Waals surface area contributed by atoms with Crippen LogP contribution < -0.4 is 10.2 Å². The number of likely N-dealkylation sites (N-methyl/N-ethyl adjacent to an activating group) is 1. The molecule has 2 aliphatic heterocycles. The van der Waals surface area contributed by atoms with Gasteiger partial charge in [-0.05, 0) is 31.3 Å². The first-order valence-electron chi connectivity index (χ1n) is 8.92. The zero-order valence-electron chi connectivity index (χ0n) is 15.1. The molecule has 2 heterocycles. The van der Waals surface area contributed by atoms with Gasteiger partial charge in [0.1, 0.15) is 5.82 Å². The standard InChI is InChI=1S/C18H28FN5O/c1-20-18(21-13-17-14-22(2)11-12-25-17)24-9-7-23(8-10-24)16-5-3-15(19)4-6-16/h3-6,17H,7-14H2,1-2H3,(H,20,21). The van der Waals surface area contributed by atoms with E-state index in [2.05, 4.69) is 32.1 Å². The summed E-state index contributed by atoms with van der Waals surface area (Å²) >= 11 is 0. The molecule has 1 atom stereocenters. The van der Waals surface area contributed by atoms with Crippen molar-refractivity contribution in [2.75, 3.05) is 71.4 Å². The lowest BCUT2D eigenvalue weighted by Gasteiger charge is -2.38. The molecule has 1 aromatic carbocycles. The quantitative estimate of drug-likeness (QED) is 0.648. The number of anilines is 1. The van der Waals surface area contributed by atoms with Gasteiger partial charge in [-0.25, -0.2) is 4.39 Å². The number of morpholine rings is 1. The zero-order chi connectivity index (χ0) is 17.6. The number of halogens is 1. The van der Waals surface area contributed by atoms with E-state index >= 15 is 0 Å². The minimum Gasteiger partial charge on any atom is -0.374 e. The number of piperazine rings is 1. The van der Waals surface area contributed by atoms with Crippen LogP contribution in [0.15, 0.2) is 29.3 Å². The number of nitrogens with zero attached hydrogens (tertiary/aromatic N) is 4. The van der Waals surface area contributed by atoms with Gasteiger partial charge in [-0.3, -0.25) is 4.99 Å². The van der Waals surface area contributed by atoms with Crippen LogP contribution in [0, 0.1) is 5.82 Å². The number of ether oxygens (including phenoxy) is 1. The SMILES string of the molecule is CN=C(NCC1CN(C)CCO1)N1CCN(c2ccc(F)cc2)CC1. The monoisotopic (exact) mass is 349 g/mol. The first-order chi connectivity index (χ1) is 12.2. The van der Waals surface area contributed by atoms with E-state index in [1.807, 2.05) is 19.2 Å². The Morgan fingerprint density at radius 2 is 1.92 bits per heavy atom. The van der Waals surface area contributed by atoms with Gasteiger partial charge in [0.25, 0.3) is 0 Å². The Bertz CT molecular complexity index is 571. The molecule has 0 bridgehead atoms. The van der Waals surface area contributed by atoms with E-state index in [1.54, 1.807) is 0 Å². The van der Waals surface area contributed by atoms with Crippen LogP contribution in [-0.4, -0.2) is 88.4 Å². The van der Waals surface area contributed by atoms with Crippen LogP contribution in [-0.2, 0) is 4.74 Å². The summed E-state index contributed by atoms with van der Waals surface area (Å²) in [4.78, 5) is 11.3. The number of aliphatic imine (C=N–C) groups is 1. The van der Waals surface area contributed by atoms with Gasteiger partial charge in [0, 0.05) is 58.5 Å². The molecule has 3 rings (SSSR count). The molecule has 138 valence electrons. The highest BCUT2D eigenvalue weighted by molar-refractivity contribution is 5.80. The first kappa shape index (κ1) is 17.9. The Balaban J connectivity index is 1.47. The normalized spacial score (nSPS) is 23.0. The van der Waals surface area contributed by atoms with Crippen molar-refractivity contribution in [2.24, 2.45) is 4.99 Å². The number of hydrogen-bond acceptors (Lipinski definition) is 4. The summed E-state index contributed by atoms with van der Waals surface area (Å²) in [7, 11) is 3.95. The maximum Gasteiger partial charge on any atom is 0.193 e. The largest absolute Gasteiger partial charge is 0.374 e. The van der Waals surface area contributed by atoms with Gasteiger partial charge in [-0.1, -0.05) is 0 Å². The molecule has 0 aromatic heterocycles. The van der Waals surface area contributed by atoms with E-state index in [0.29, 0.717) is 0 Å². The minimum absolute atomic E-state index is 0.192. The Hall–Kier alpha value is -1.86. The Labute approximate surface area is 149 Å². The number of benzene rings is 1. The summed E-state index contributed by atoms with van der Waals surface area (Å²) in [6.45, 7) is 7.08. The van der Waals surface area contributed by atoms with Crippen LogP contribution in [0.4, 0.5) is 10.1 Å². The lowest BCUT2D eigenvalue weighted by Crippen LogP contribution is -2.54. The second kappa shape index (κ2) is 8.49. The lowest BCUT2D eigenvalue weighted by molar-refractivity contribution is -0.0163. The van der Waals surface area contributed by atoms with Crippen LogP contribution in [0.3, 0.4) is 0 Å². The van der Waals surface area contributed by atoms with Crippen molar-refractivity contribution in [3.63, 3.8) is 0 Å². The number of nitrogens with one attached hydrogen (secondary N) is 1. The summed E-state index contributed by atoms with van der Waals surface area (Å²) in [5, 5.41) is 3.45. The topological polar surface area (TPSA) is 43.3 Å². The molecule has 0 radical (unpaired) electrons. The molecule has 1 N–H and O–H groups in total. The van der Waals surface area contributed by atoms with Crippen molar-refractivity contribution >= 4 is 11.6 Å². The van der Waals surface area contributed by atoms with E-state index in [9.17, 15) is 4.39 Å². The van der Waals surface area contributed by atoms with Crippen molar-refractivity contribution in [3.05, 3.63) is 30.1 Å². The van der Waals surface area contributed by atoms with Gasteiger partial charge in [0.05, 0.1) is 12.7 Å². The fraction of sp³-hybridized carbons (Fsp3) is 0.611. The van der Waals surface area contributed by atoms with Crippen molar-refractivity contribution in [3.8, 4) is 0 Å². The Kier molecular flexibility index (Phi) is 6.09. The molecule has 0 saturated carbocycles. The van der Waals surface area contributed by atoms with Crippen molar-refractivity contribution in [1.82, 2.24) is 15.1 Å². The fourth-order valence-electron chi connectivity index (χ4n) is 3.36. The third kappa shape index (κ3) is 4.83. The predicted octanol–water partition coefficient (Wildman–Crippen LogP) is 0.854. The fourth-order valence-corrected chi connectivity index (χ4v) is 3.36. The zero-order valence-corrected chi connectivity index (χ0v) is 15.1. The highest BCUT2D eigenvalue weighted by Gasteiger charge is 2.22. The molecular weight excluding hydrogens is 321 g/mol. The van der Waals surface area contributed by atoms with Crippen molar-refractivity contribution in [2.45, 2.75) is 6.10 Å². The minimum atomic E-state index is -0.192. The van der Waals surface area contributed by atoms with Crippen LogP contribution in [0.1, 0.15) is 0 Å². The molecular formula is C18H28FN5O. The van der Waals surface area contributed by atoms with Crippen LogP contribution in [0.5, 0.6) is 0 Å². The molecule has 7 heteroatoms. The Morgan fingerprint density at radius 3 is 2.56 bits per heavy atom. The highest BCUT2D eigenvalue weighted by Crippen LogP contribution is 2.17. The van der Waals surface area contributed by atoms with Gasteiger partial charge in [0.15, 0.2) is 5.96 Å². The average Bonchev–Trinajstić information content (AvgIpc) is 2.63. The molecule has 0 spiro atoms. The van der Waals surface area contributed by atoms with Crippen LogP contribution in [0.25, 0.3) is 0 Å². The molecule has 2 aliphatic rings. The summed E-state index contributed by atoms with van der Waals surface area (Å²) in [5.74, 6) is 0.734. The van der Waals surface area contributed by atoms with Gasteiger partial charge in [-0.15, -0.1) is 0 Å². The van der Waals surface area contributed by atoms with Crippen LogP contribution >= 0.6 is 0 Å². The number of guanidine groups is 1. The predicted molar refractivity (Wildman–Crippen MR) is 98.8 cm³/mol. The van der Waals surface area contributed by atoms with Crippen molar-refractivity contribution < 1.29 is 9.13 Å². The van der Waals surface area contributed by atoms with Gasteiger partial charge < -0.3 is 24.8 Å². The maximum absolute atomic E-state index is 13.1. The van der Waals surface area contributed by atoms with Crippen molar-refractivity contribution in [1.29, 1.82) is 0 Å². The van der Waals surface area contributed by atoms with Gasteiger partial charge in [-0.2, -0.15) is 0 Å². The molecule has 2 saturated heterocycles. The van der Waals surface area contributed by atoms with E-state index < -0.39 is 0 Å². The summed E-state index contributed by atoms with van der Waals surface area (Å²) < 4.78 is 18.9. The van der Waals surface area contributed by atoms with E-state index in [4.69, 9.17) is 4.74 Å². The second-order valence-electron chi connectivity index (χ2n) is 6.63. The lowest BCUT2D eigenvalue weighted by atomic mass is 10.2. The third-order valence-corrected chi connectivity index (χ3v) is 4.81. The second-order valence-corrected chi connectivity index (χ2v) is 6.63. The molecule has 0 aliphatic carbocycles. The van der Waals surface area contributed by atoms with E-state index in [0.717, 1.165) is 64.1 Å². The third-order valence-electron chi connectivity index (χ3n) is 4.81. The van der Waals surface area contributed by atoms with E-state index in [1.165, 1.54) is 12.1 Å². The summed E-state index contributed by atoms with van der Waals surface area (Å²) in [5.41, 5.74) is 1.07. The average molecular weight is 349 g/mol. The molecule has 6 nitrogen and oxygen atoms in total. The first-order valence-corrected chi connectivity index (χ1v) is 8.92. The highest BCUT2D eigenvalue weighted by atomic mass is 19.1. The van der Waals surface area contributed by atoms with Gasteiger partial charge >= 0.3 is 0 Å². The maximum atomic E-state index is 13.1. The van der Waals surface area contributed by atoms with Gasteiger partial charge in [0.2, 0.25) is 0 Å². The van der Waals surface area contributed by atoms with E-state index in [-0.39, 0.29) is 11.9 Å². The molecule has 1 unspecified atom stereocenters. The smallest absolute Gasteiger partial charge is 0.193 e. The number of hydrogen-bond donors (Lipinski definition) is 1. The molecule has 1 aromatic rings. The van der Waals surface area contributed by atoms with Crippen LogP contribution in [0.2, 0.25) is 0 Å². The number of rotatable bonds is 3. The molecule has 2 fully saturated rings. The molecule has 0 amide bonds. The summed E-state index contributed by atoms with van der Waals surface area (Å²) in [6.07, 6.45) is 0.205. The molecule has 25 heavy (non-hydrogen) atoms. The Morgan fingerprint density at radius 1 is 1.20 bits per heavy atom.